The molecule has 2 aromatic heterocycles. The van der Waals surface area contributed by atoms with E-state index in [1.165, 1.54) is 6.07 Å². The molecule has 1 aliphatic carbocycles. The number of imidazole rings is 1. The number of nitrogens with one attached hydrogen (secondary N) is 2. The van der Waals surface area contributed by atoms with Crippen LogP contribution in [0.5, 0.6) is 0 Å². The maximum atomic E-state index is 13.6. The number of carbonyl (C=O) groups excluding carboxylic acids is 3. The summed E-state index contributed by atoms with van der Waals surface area (Å²) in [7, 11) is 0. The SMILES string of the molecule is O=C1NCC(c2cc([C@H]3C[C@@H]3c3cccc(C(=O)N4CC(F)(F)C(F)(F)C4)c3)c3nccn3n2)C(=O)N1. The first-order valence-electron chi connectivity index (χ1n) is 11.6. The van der Waals surface area contributed by atoms with Crippen molar-refractivity contribution in [1.82, 2.24) is 30.1 Å². The van der Waals surface area contributed by atoms with Gasteiger partial charge in [-0.05, 0) is 42.0 Å². The summed E-state index contributed by atoms with van der Waals surface area (Å²) < 4.78 is 56.0. The molecule has 3 atom stereocenters. The maximum Gasteiger partial charge on any atom is 0.329 e. The second-order valence-corrected chi connectivity index (χ2v) is 9.62. The topological polar surface area (TPSA) is 109 Å². The molecule has 3 aliphatic rings. The lowest BCUT2D eigenvalue weighted by atomic mass is 9.98. The number of halogens is 4. The van der Waals surface area contributed by atoms with Gasteiger partial charge in [-0.2, -0.15) is 22.7 Å². The summed E-state index contributed by atoms with van der Waals surface area (Å²) in [6.45, 7) is -2.56. The minimum Gasteiger partial charge on any atom is -0.337 e. The van der Waals surface area contributed by atoms with Crippen molar-refractivity contribution in [3.8, 4) is 0 Å². The Hall–Kier alpha value is -4.03. The molecule has 37 heavy (non-hydrogen) atoms. The van der Waals surface area contributed by atoms with Gasteiger partial charge in [-0.3, -0.25) is 14.9 Å². The first-order valence-corrected chi connectivity index (χ1v) is 11.6. The Labute approximate surface area is 206 Å². The quantitative estimate of drug-likeness (QED) is 0.519. The Morgan fingerprint density at radius 1 is 1.05 bits per heavy atom. The van der Waals surface area contributed by atoms with Crippen LogP contribution in [0.3, 0.4) is 0 Å². The standard InChI is InChI=1S/C24H20F4N6O3/c25-23(26)10-33(11-24(23,27)28)21(36)13-3-1-2-12(6-13)14-7-15(14)16-8-18(32-34-5-4-29-19(16)34)17-9-30-22(37)31-20(17)35/h1-6,8,14-15,17H,7,9-11H2,(H2,30,31,35,37)/t14-,15+,17?/m1/s1. The maximum absolute atomic E-state index is 13.6. The zero-order chi connectivity index (χ0) is 26.1. The van der Waals surface area contributed by atoms with Crippen LogP contribution >= 0.6 is 0 Å². The van der Waals surface area contributed by atoms with E-state index in [1.807, 2.05) is 0 Å². The zero-order valence-corrected chi connectivity index (χ0v) is 19.1. The summed E-state index contributed by atoms with van der Waals surface area (Å²) in [6, 6.07) is 7.59. The fraction of sp³-hybridized carbons (Fsp3) is 0.375. The molecule has 1 aromatic carbocycles. The molecule has 13 heteroatoms. The number of likely N-dealkylation sites (tertiary alicyclic amines) is 1. The van der Waals surface area contributed by atoms with Crippen molar-refractivity contribution in [2.24, 2.45) is 0 Å². The molecule has 9 nitrogen and oxygen atoms in total. The monoisotopic (exact) mass is 516 g/mol. The van der Waals surface area contributed by atoms with E-state index in [4.69, 9.17) is 0 Å². The lowest BCUT2D eigenvalue weighted by Gasteiger charge is -2.22. The van der Waals surface area contributed by atoms with E-state index in [9.17, 15) is 31.9 Å². The Morgan fingerprint density at radius 2 is 1.81 bits per heavy atom. The summed E-state index contributed by atoms with van der Waals surface area (Å²) in [6.07, 6.45) is 3.92. The van der Waals surface area contributed by atoms with Crippen molar-refractivity contribution in [3.05, 3.63) is 65.1 Å². The summed E-state index contributed by atoms with van der Waals surface area (Å²) in [4.78, 5) is 41.5. The van der Waals surface area contributed by atoms with Crippen molar-refractivity contribution >= 4 is 23.5 Å². The van der Waals surface area contributed by atoms with Crippen LogP contribution in [0.1, 0.15) is 51.4 Å². The smallest absolute Gasteiger partial charge is 0.329 e. The number of hydrogen-bond donors (Lipinski definition) is 2. The van der Waals surface area contributed by atoms with Crippen LogP contribution in [0.25, 0.3) is 5.65 Å². The van der Waals surface area contributed by atoms with Gasteiger partial charge in [0.25, 0.3) is 5.91 Å². The summed E-state index contributed by atoms with van der Waals surface area (Å²) in [5.74, 6) is -10.6. The highest BCUT2D eigenvalue weighted by atomic mass is 19.3. The van der Waals surface area contributed by atoms with Crippen LogP contribution in [-0.4, -0.2) is 68.8 Å². The molecule has 3 fully saturated rings. The van der Waals surface area contributed by atoms with E-state index in [0.717, 1.165) is 11.1 Å². The molecule has 0 spiro atoms. The highest BCUT2D eigenvalue weighted by Gasteiger charge is 2.63. The third-order valence-corrected chi connectivity index (χ3v) is 7.14. The van der Waals surface area contributed by atoms with Crippen LogP contribution in [0, 0.1) is 0 Å². The second kappa shape index (κ2) is 7.98. The largest absolute Gasteiger partial charge is 0.337 e. The lowest BCUT2D eigenvalue weighted by molar-refractivity contribution is -0.172. The van der Waals surface area contributed by atoms with Gasteiger partial charge in [0, 0.05) is 30.1 Å². The molecule has 4 amide bonds. The minimum atomic E-state index is -4.27. The van der Waals surface area contributed by atoms with Crippen molar-refractivity contribution in [1.29, 1.82) is 0 Å². The van der Waals surface area contributed by atoms with E-state index >= 15 is 0 Å². The highest BCUT2D eigenvalue weighted by molar-refractivity contribution is 6.00. The lowest BCUT2D eigenvalue weighted by Crippen LogP contribution is -2.51. The summed E-state index contributed by atoms with van der Waals surface area (Å²) in [5, 5.41) is 9.30. The molecule has 0 bridgehead atoms. The average molecular weight is 516 g/mol. The van der Waals surface area contributed by atoms with Crippen molar-refractivity contribution < 1.29 is 31.9 Å². The van der Waals surface area contributed by atoms with Gasteiger partial charge >= 0.3 is 17.9 Å². The number of aromatic nitrogens is 3. The molecule has 6 rings (SSSR count). The zero-order valence-electron chi connectivity index (χ0n) is 19.1. The van der Waals surface area contributed by atoms with Gasteiger partial charge in [0.1, 0.15) is 0 Å². The predicted octanol–water partition coefficient (Wildman–Crippen LogP) is 2.65. The van der Waals surface area contributed by atoms with Gasteiger partial charge in [-0.15, -0.1) is 0 Å². The Kier molecular flexibility index (Phi) is 5.04. The molecule has 3 aromatic rings. The van der Waals surface area contributed by atoms with Crippen molar-refractivity contribution in [2.75, 3.05) is 19.6 Å². The van der Waals surface area contributed by atoms with E-state index < -0.39 is 48.7 Å². The first-order chi connectivity index (χ1) is 17.5. The molecule has 0 radical (unpaired) electrons. The van der Waals surface area contributed by atoms with Crippen molar-refractivity contribution in [2.45, 2.75) is 36.0 Å². The predicted molar refractivity (Wildman–Crippen MR) is 120 cm³/mol. The average Bonchev–Trinajstić information content (AvgIpc) is 3.43. The Balaban J connectivity index is 1.26. The normalized spacial score (nSPS) is 26.2. The van der Waals surface area contributed by atoms with Crippen molar-refractivity contribution in [3.63, 3.8) is 0 Å². The number of amides is 4. The Morgan fingerprint density at radius 3 is 2.54 bits per heavy atom. The number of carbonyl (C=O) groups is 3. The molecule has 2 saturated heterocycles. The van der Waals surface area contributed by atoms with Crippen LogP contribution in [0.4, 0.5) is 22.4 Å². The fourth-order valence-corrected chi connectivity index (χ4v) is 5.08. The van der Waals surface area contributed by atoms with E-state index in [0.29, 0.717) is 22.7 Å². The number of fused-ring (bicyclic) bond motifs is 1. The number of hydrogen-bond acceptors (Lipinski definition) is 5. The van der Waals surface area contributed by atoms with E-state index in [2.05, 4.69) is 20.7 Å². The minimum absolute atomic E-state index is 0.0290. The summed E-state index contributed by atoms with van der Waals surface area (Å²) in [5.41, 5.74) is 2.72. The number of alkyl halides is 4. The third kappa shape index (κ3) is 3.89. The highest BCUT2D eigenvalue weighted by Crippen LogP contribution is 2.55. The second-order valence-electron chi connectivity index (χ2n) is 9.62. The molecular weight excluding hydrogens is 496 g/mol. The van der Waals surface area contributed by atoms with Gasteiger partial charge in [-0.25, -0.2) is 14.3 Å². The van der Waals surface area contributed by atoms with Gasteiger partial charge in [0.15, 0.2) is 5.65 Å². The van der Waals surface area contributed by atoms with Gasteiger partial charge in [0.05, 0.1) is 24.7 Å². The number of benzene rings is 1. The van der Waals surface area contributed by atoms with Crippen LogP contribution in [0.2, 0.25) is 0 Å². The third-order valence-electron chi connectivity index (χ3n) is 7.14. The van der Waals surface area contributed by atoms with Crippen LogP contribution in [0.15, 0.2) is 42.7 Å². The van der Waals surface area contributed by atoms with Crippen LogP contribution < -0.4 is 10.6 Å². The molecule has 192 valence electrons. The molecule has 2 aliphatic heterocycles. The molecule has 1 saturated carbocycles. The van der Waals surface area contributed by atoms with Gasteiger partial charge < -0.3 is 10.2 Å². The first kappa shape index (κ1) is 23.4. The summed E-state index contributed by atoms with van der Waals surface area (Å²) >= 11 is 0. The fourth-order valence-electron chi connectivity index (χ4n) is 5.08. The van der Waals surface area contributed by atoms with Gasteiger partial charge in [0.2, 0.25) is 5.91 Å². The number of urea groups is 1. The van der Waals surface area contributed by atoms with Crippen LogP contribution in [-0.2, 0) is 4.79 Å². The number of imide groups is 1. The molecule has 2 N–H and O–H groups in total. The van der Waals surface area contributed by atoms with Gasteiger partial charge in [-0.1, -0.05) is 12.1 Å². The molecule has 4 heterocycles. The number of rotatable bonds is 4. The number of nitrogens with zero attached hydrogens (tertiary/aromatic N) is 4. The molecular formula is C24H20F4N6O3. The molecule has 1 unspecified atom stereocenters. The van der Waals surface area contributed by atoms with E-state index in [1.54, 1.807) is 41.2 Å². The van der Waals surface area contributed by atoms with E-state index in [-0.39, 0.29) is 23.9 Å². The Bertz CT molecular complexity index is 1440.